The van der Waals surface area contributed by atoms with E-state index in [1.807, 2.05) is 27.7 Å². The first-order valence-electron chi connectivity index (χ1n) is 11.9. The van der Waals surface area contributed by atoms with Crippen molar-refractivity contribution in [3.8, 4) is 11.5 Å². The first-order valence-corrected chi connectivity index (χ1v) is 13.5. The van der Waals surface area contributed by atoms with Crippen molar-refractivity contribution in [2.75, 3.05) is 18.1 Å². The van der Waals surface area contributed by atoms with Crippen LogP contribution in [0.1, 0.15) is 33.3 Å². The average Bonchev–Trinajstić information content (AvgIpc) is 3.34. The first-order chi connectivity index (χ1) is 17.5. The number of carbonyl (C=O) groups excluding carboxylic acids is 1. The van der Waals surface area contributed by atoms with Gasteiger partial charge in [-0.15, -0.1) is 0 Å². The Morgan fingerprint density at radius 1 is 1.19 bits per heavy atom. The summed E-state index contributed by atoms with van der Waals surface area (Å²) in [6, 6.07) is 11.3. The van der Waals surface area contributed by atoms with Crippen LogP contribution in [0.25, 0.3) is 10.9 Å². The van der Waals surface area contributed by atoms with Crippen molar-refractivity contribution in [1.82, 2.24) is 14.8 Å². The predicted octanol–water partition coefficient (Wildman–Crippen LogP) is 5.78. The molecule has 194 valence electrons. The van der Waals surface area contributed by atoms with Crippen LogP contribution in [0.4, 0.5) is 10.1 Å². The van der Waals surface area contributed by atoms with Gasteiger partial charge in [0.15, 0.2) is 0 Å². The molecule has 0 bridgehead atoms. The number of aromatic nitrogens is 3. The van der Waals surface area contributed by atoms with Crippen molar-refractivity contribution >= 4 is 32.2 Å². The zero-order chi connectivity index (χ0) is 26.8. The fraction of sp³-hybridized carbons (Fsp3) is 0.296. The van der Waals surface area contributed by atoms with Crippen molar-refractivity contribution in [3.63, 3.8) is 0 Å². The van der Waals surface area contributed by atoms with E-state index in [2.05, 4.69) is 19.8 Å². The van der Waals surface area contributed by atoms with Crippen LogP contribution < -0.4 is 10.1 Å². The van der Waals surface area contributed by atoms with Crippen LogP contribution in [-0.2, 0) is 26.5 Å². The highest BCUT2D eigenvalue weighted by Crippen LogP contribution is 2.32. The molecule has 2 heterocycles. The molecule has 4 aromatic rings. The predicted molar refractivity (Wildman–Crippen MR) is 143 cm³/mol. The van der Waals surface area contributed by atoms with E-state index in [9.17, 15) is 13.4 Å². The van der Waals surface area contributed by atoms with Crippen LogP contribution in [0.3, 0.4) is 0 Å². The van der Waals surface area contributed by atoms with E-state index in [4.69, 9.17) is 4.74 Å². The third kappa shape index (κ3) is 5.80. The molecule has 0 fully saturated rings. The molecule has 1 atom stereocenters. The minimum atomic E-state index is -2.54. The van der Waals surface area contributed by atoms with Crippen LogP contribution in [0.5, 0.6) is 11.5 Å². The molecule has 10 heteroatoms. The van der Waals surface area contributed by atoms with Crippen LogP contribution in [0, 0.1) is 5.82 Å². The molecular formula is C27H30FN5O3S. The van der Waals surface area contributed by atoms with Crippen LogP contribution in [0.2, 0.25) is 0 Å². The monoisotopic (exact) mass is 523 g/mol. The minimum absolute atomic E-state index is 0.139. The molecule has 0 aliphatic carbocycles. The lowest BCUT2D eigenvalue weighted by atomic mass is 10.1. The number of hydrogen-bond acceptors (Lipinski definition) is 6. The smallest absolute Gasteiger partial charge is 0.228 e. The molecule has 2 aromatic carbocycles. The minimum Gasteiger partial charge on any atom is -0.456 e. The molecule has 0 saturated carbocycles. The lowest BCUT2D eigenvalue weighted by Gasteiger charge is -2.18. The van der Waals surface area contributed by atoms with E-state index in [1.165, 1.54) is 12.1 Å². The Morgan fingerprint density at radius 3 is 2.62 bits per heavy atom. The van der Waals surface area contributed by atoms with Crippen LogP contribution in [0.15, 0.2) is 70.3 Å². The van der Waals surface area contributed by atoms with Gasteiger partial charge in [0.2, 0.25) is 5.91 Å². The molecular weight excluding hydrogens is 493 g/mol. The highest BCUT2D eigenvalue weighted by molar-refractivity contribution is 7.93. The van der Waals surface area contributed by atoms with Gasteiger partial charge in [-0.2, -0.15) is 5.10 Å². The molecule has 4 rings (SSSR count). The third-order valence-corrected chi connectivity index (χ3v) is 8.25. The molecule has 37 heavy (non-hydrogen) atoms. The van der Waals surface area contributed by atoms with Crippen molar-refractivity contribution < 1.29 is 18.1 Å². The number of nitrogens with zero attached hydrogens (tertiary/aromatic N) is 4. The number of rotatable bonds is 7. The Hall–Kier alpha value is -3.79. The van der Waals surface area contributed by atoms with E-state index >= 15 is 0 Å². The van der Waals surface area contributed by atoms with E-state index in [1.54, 1.807) is 60.7 Å². The molecule has 8 nitrogen and oxygen atoms in total. The summed E-state index contributed by atoms with van der Waals surface area (Å²) in [6.07, 6.45) is 4.76. The SMILES string of the molecule is CCS(=O)(=NC)c1ccc2nccc(Oc3ccc(CC(=O)Nc4cnn(C(C)(C)C)c4)c(F)c3)c2c1. The number of nitrogens with one attached hydrogen (secondary N) is 1. The largest absolute Gasteiger partial charge is 0.456 e. The maximum Gasteiger partial charge on any atom is 0.228 e. The third-order valence-electron chi connectivity index (χ3n) is 5.88. The number of fused-ring (bicyclic) bond motifs is 1. The number of ether oxygens (including phenoxy) is 1. The average molecular weight is 524 g/mol. The van der Waals surface area contributed by atoms with E-state index in [-0.39, 0.29) is 29.2 Å². The summed E-state index contributed by atoms with van der Waals surface area (Å²) >= 11 is 0. The van der Waals surface area contributed by atoms with Gasteiger partial charge >= 0.3 is 0 Å². The second-order valence-electron chi connectivity index (χ2n) is 9.52. The fourth-order valence-electron chi connectivity index (χ4n) is 3.78. The molecule has 1 unspecified atom stereocenters. The van der Waals surface area contributed by atoms with Crippen molar-refractivity contribution in [2.45, 2.75) is 44.6 Å². The molecule has 1 N–H and O–H groups in total. The summed E-state index contributed by atoms with van der Waals surface area (Å²) in [5.41, 5.74) is 1.22. The summed E-state index contributed by atoms with van der Waals surface area (Å²) in [7, 11) is -0.997. The van der Waals surface area contributed by atoms with E-state index in [0.717, 1.165) is 0 Å². The van der Waals surface area contributed by atoms with E-state index in [0.29, 0.717) is 33.0 Å². The Bertz CT molecular complexity index is 1580. The molecule has 0 radical (unpaired) electrons. The highest BCUT2D eigenvalue weighted by atomic mass is 32.2. The summed E-state index contributed by atoms with van der Waals surface area (Å²) in [5, 5.41) is 7.65. The molecule has 0 saturated heterocycles. The lowest BCUT2D eigenvalue weighted by Crippen LogP contribution is -2.22. The van der Waals surface area contributed by atoms with E-state index < -0.39 is 15.5 Å². The second-order valence-corrected chi connectivity index (χ2v) is 12.2. The number of pyridine rings is 1. The normalized spacial score (nSPS) is 13.2. The number of amides is 1. The zero-order valence-electron chi connectivity index (χ0n) is 21.5. The maximum atomic E-state index is 14.9. The summed E-state index contributed by atoms with van der Waals surface area (Å²) in [6.45, 7) is 7.83. The number of benzene rings is 2. The molecule has 2 aromatic heterocycles. The Kier molecular flexibility index (Phi) is 7.31. The summed E-state index contributed by atoms with van der Waals surface area (Å²) < 4.78 is 39.8. The zero-order valence-corrected chi connectivity index (χ0v) is 22.3. The summed E-state index contributed by atoms with van der Waals surface area (Å²) in [4.78, 5) is 17.4. The Balaban J connectivity index is 1.52. The number of anilines is 1. The number of hydrogen-bond donors (Lipinski definition) is 1. The van der Waals surface area contributed by atoms with Gasteiger partial charge in [-0.05, 0) is 56.7 Å². The van der Waals surface area contributed by atoms with Gasteiger partial charge in [-0.25, -0.2) is 13.0 Å². The van der Waals surface area contributed by atoms with Gasteiger partial charge in [0, 0.05) is 41.5 Å². The quantitative estimate of drug-likeness (QED) is 0.331. The van der Waals surface area contributed by atoms with Crippen molar-refractivity contribution in [1.29, 1.82) is 0 Å². The second kappa shape index (κ2) is 10.3. The lowest BCUT2D eigenvalue weighted by molar-refractivity contribution is -0.115. The molecule has 0 aliphatic rings. The van der Waals surface area contributed by atoms with Gasteiger partial charge in [-0.1, -0.05) is 13.0 Å². The topological polar surface area (TPSA) is 98.5 Å². The highest BCUT2D eigenvalue weighted by Gasteiger charge is 2.17. The van der Waals surface area contributed by atoms with Gasteiger partial charge < -0.3 is 10.1 Å². The van der Waals surface area contributed by atoms with Crippen LogP contribution >= 0.6 is 0 Å². The van der Waals surface area contributed by atoms with Gasteiger partial charge in [-0.3, -0.25) is 14.5 Å². The van der Waals surface area contributed by atoms with Crippen molar-refractivity contribution in [2.24, 2.45) is 4.36 Å². The van der Waals surface area contributed by atoms with Gasteiger partial charge in [0.1, 0.15) is 17.3 Å². The van der Waals surface area contributed by atoms with Crippen molar-refractivity contribution in [3.05, 3.63) is 72.4 Å². The Morgan fingerprint density at radius 2 is 1.97 bits per heavy atom. The van der Waals surface area contributed by atoms with Gasteiger partial charge in [0.25, 0.3) is 0 Å². The first kappa shape index (κ1) is 26.3. The standard InChI is InChI=1S/C27H30FN5O3S/c1-6-37(35,29-5)21-9-10-24-22(15-21)25(11-12-30-24)36-20-8-7-18(23(28)14-20)13-26(34)32-19-16-31-33(17-19)27(2,3)4/h7-12,14-17H,6,13H2,1-5H3,(H,32,34). The Labute approximate surface area is 216 Å². The fourth-order valence-corrected chi connectivity index (χ4v) is 5.17. The summed E-state index contributed by atoms with van der Waals surface area (Å²) in [5.74, 6) is 0.180. The van der Waals surface area contributed by atoms with Gasteiger partial charge in [0.05, 0.1) is 39.1 Å². The van der Waals surface area contributed by atoms with Crippen LogP contribution in [-0.4, -0.2) is 37.7 Å². The number of halogens is 1. The maximum absolute atomic E-state index is 14.9. The molecule has 0 spiro atoms. The molecule has 0 aliphatic heterocycles. The number of carbonyl (C=O) groups is 1. The molecule has 1 amide bonds.